The Morgan fingerprint density at radius 2 is 2.00 bits per heavy atom. The molecule has 0 aliphatic carbocycles. The van der Waals surface area contributed by atoms with Crippen LogP contribution in [0.3, 0.4) is 0 Å². The summed E-state index contributed by atoms with van der Waals surface area (Å²) in [4.78, 5) is 16.0. The maximum Gasteiger partial charge on any atom is 0.248 e. The van der Waals surface area contributed by atoms with E-state index in [4.69, 9.17) is 9.84 Å². The van der Waals surface area contributed by atoms with Crippen LogP contribution in [0, 0.1) is 0 Å². The van der Waals surface area contributed by atoms with Crippen LogP contribution in [0.5, 0.6) is 0 Å². The Kier molecular flexibility index (Phi) is 5.24. The molecule has 0 bridgehead atoms. The lowest BCUT2D eigenvalue weighted by Gasteiger charge is -2.47. The lowest BCUT2D eigenvalue weighted by Crippen LogP contribution is -2.58. The molecule has 7 heteroatoms. The summed E-state index contributed by atoms with van der Waals surface area (Å²) in [6.07, 6.45) is 3.69. The third-order valence-electron chi connectivity index (χ3n) is 5.68. The first-order chi connectivity index (χ1) is 13.2. The van der Waals surface area contributed by atoms with Crippen LogP contribution in [-0.2, 0) is 16.1 Å². The van der Waals surface area contributed by atoms with E-state index in [1.807, 2.05) is 24.4 Å². The second-order valence-corrected chi connectivity index (χ2v) is 7.42. The van der Waals surface area contributed by atoms with Gasteiger partial charge in [-0.1, -0.05) is 30.3 Å². The first kappa shape index (κ1) is 18.2. The molecular formula is C20H26N4O3. The average Bonchev–Trinajstić information content (AvgIpc) is 3.18. The number of nitrogens with one attached hydrogen (secondary N) is 1. The summed E-state index contributed by atoms with van der Waals surface area (Å²) in [5.74, 6) is -0.203. The maximum atomic E-state index is 11.8. The number of hydrogen-bond donors (Lipinski definition) is 2. The molecule has 2 aliphatic heterocycles. The number of benzene rings is 1. The minimum atomic E-state index is -0.426. The number of H-pyrrole nitrogens is 1. The second kappa shape index (κ2) is 7.80. The van der Waals surface area contributed by atoms with Gasteiger partial charge in [-0.25, -0.2) is 0 Å². The predicted molar refractivity (Wildman–Crippen MR) is 101 cm³/mol. The molecule has 0 radical (unpaired) electrons. The molecule has 2 aromatic rings. The average molecular weight is 370 g/mol. The Hall–Kier alpha value is -2.22. The molecule has 3 heterocycles. The van der Waals surface area contributed by atoms with Gasteiger partial charge in [0.1, 0.15) is 6.61 Å². The van der Waals surface area contributed by atoms with Gasteiger partial charge in [0.15, 0.2) is 0 Å². The number of aromatic nitrogens is 2. The van der Waals surface area contributed by atoms with E-state index in [0.717, 1.165) is 43.7 Å². The number of likely N-dealkylation sites (tertiary alicyclic amines) is 1. The molecule has 1 amide bonds. The highest BCUT2D eigenvalue weighted by molar-refractivity contribution is 5.77. The number of rotatable bonds is 4. The van der Waals surface area contributed by atoms with Gasteiger partial charge in [-0.05, 0) is 18.4 Å². The fourth-order valence-electron chi connectivity index (χ4n) is 4.11. The van der Waals surface area contributed by atoms with E-state index in [1.54, 1.807) is 4.90 Å². The second-order valence-electron chi connectivity index (χ2n) is 7.42. The lowest BCUT2D eigenvalue weighted by atomic mass is 9.89. The summed E-state index contributed by atoms with van der Waals surface area (Å²) < 4.78 is 6.09. The van der Waals surface area contributed by atoms with Gasteiger partial charge < -0.3 is 14.7 Å². The molecule has 0 unspecified atom stereocenters. The molecule has 1 aromatic carbocycles. The van der Waals surface area contributed by atoms with Gasteiger partial charge in [-0.3, -0.25) is 14.8 Å². The Labute approximate surface area is 158 Å². The highest BCUT2D eigenvalue weighted by Gasteiger charge is 2.40. The van der Waals surface area contributed by atoms with Crippen molar-refractivity contribution < 1.29 is 14.6 Å². The highest BCUT2D eigenvalue weighted by Crippen LogP contribution is 2.31. The summed E-state index contributed by atoms with van der Waals surface area (Å²) >= 11 is 0. The summed E-state index contributed by atoms with van der Waals surface area (Å²) in [5, 5.41) is 16.5. The van der Waals surface area contributed by atoms with Crippen molar-refractivity contribution >= 4 is 5.91 Å². The molecule has 1 aromatic heterocycles. The van der Waals surface area contributed by atoms with Crippen molar-refractivity contribution in [3.05, 3.63) is 42.1 Å². The molecule has 2 saturated heterocycles. The summed E-state index contributed by atoms with van der Waals surface area (Å²) in [6.45, 7) is 3.95. The number of aliphatic hydroxyl groups is 1. The number of carbonyl (C=O) groups excluding carboxylic acids is 1. The van der Waals surface area contributed by atoms with Crippen LogP contribution in [0.4, 0.5) is 0 Å². The normalized spacial score (nSPS) is 20.1. The molecule has 0 atom stereocenters. The van der Waals surface area contributed by atoms with E-state index in [2.05, 4.69) is 27.2 Å². The highest BCUT2D eigenvalue weighted by atomic mass is 16.5. The summed E-state index contributed by atoms with van der Waals surface area (Å²) in [5.41, 5.74) is 3.15. The van der Waals surface area contributed by atoms with Crippen LogP contribution in [0.25, 0.3) is 11.3 Å². The summed E-state index contributed by atoms with van der Waals surface area (Å²) in [6, 6.07) is 10.3. The zero-order valence-electron chi connectivity index (χ0n) is 15.4. The van der Waals surface area contributed by atoms with Crippen molar-refractivity contribution in [2.24, 2.45) is 0 Å². The van der Waals surface area contributed by atoms with Crippen LogP contribution in [0.2, 0.25) is 0 Å². The van der Waals surface area contributed by atoms with Crippen molar-refractivity contribution in [3.8, 4) is 11.3 Å². The van der Waals surface area contributed by atoms with Gasteiger partial charge in [-0.15, -0.1) is 0 Å². The van der Waals surface area contributed by atoms with Crippen LogP contribution in [0.15, 0.2) is 36.5 Å². The van der Waals surface area contributed by atoms with Gasteiger partial charge in [-0.2, -0.15) is 5.10 Å². The number of aliphatic hydroxyl groups excluding tert-OH is 1. The van der Waals surface area contributed by atoms with E-state index >= 15 is 0 Å². The number of morpholine rings is 1. The zero-order chi connectivity index (χ0) is 18.7. The number of amides is 1. The van der Waals surface area contributed by atoms with Crippen molar-refractivity contribution in [1.82, 2.24) is 20.0 Å². The van der Waals surface area contributed by atoms with E-state index in [-0.39, 0.29) is 11.5 Å². The minimum absolute atomic E-state index is 0.203. The Balaban J connectivity index is 1.38. The molecular weight excluding hydrogens is 344 g/mol. The standard InChI is InChI=1S/C20H26N4O3/c25-14-18(26)24-10-11-27-20(15-24)6-8-23(9-7-20)13-17-12-21-22-19(17)16-4-2-1-3-5-16/h1-5,12,25H,6-11,13-15H2,(H,21,22). The van der Waals surface area contributed by atoms with Gasteiger partial charge in [0, 0.05) is 38.3 Å². The topological polar surface area (TPSA) is 81.7 Å². The Morgan fingerprint density at radius 1 is 1.22 bits per heavy atom. The molecule has 27 heavy (non-hydrogen) atoms. The molecule has 4 rings (SSSR count). The molecule has 7 nitrogen and oxygen atoms in total. The lowest BCUT2D eigenvalue weighted by molar-refractivity contribution is -0.161. The Morgan fingerprint density at radius 3 is 2.74 bits per heavy atom. The molecule has 2 N–H and O–H groups in total. The number of nitrogens with zero attached hydrogens (tertiary/aromatic N) is 3. The molecule has 2 fully saturated rings. The number of carbonyl (C=O) groups is 1. The van der Waals surface area contributed by atoms with Crippen LogP contribution >= 0.6 is 0 Å². The van der Waals surface area contributed by atoms with E-state index in [0.29, 0.717) is 19.7 Å². The van der Waals surface area contributed by atoms with E-state index in [9.17, 15) is 4.79 Å². The first-order valence-electron chi connectivity index (χ1n) is 9.52. The molecule has 2 aliphatic rings. The monoisotopic (exact) mass is 370 g/mol. The third kappa shape index (κ3) is 3.90. The van der Waals surface area contributed by atoms with E-state index in [1.165, 1.54) is 5.56 Å². The van der Waals surface area contributed by atoms with Gasteiger partial charge in [0.05, 0.1) is 24.1 Å². The zero-order valence-corrected chi connectivity index (χ0v) is 15.4. The summed E-state index contributed by atoms with van der Waals surface area (Å²) in [7, 11) is 0. The quantitative estimate of drug-likeness (QED) is 0.847. The number of hydrogen-bond acceptors (Lipinski definition) is 5. The fraction of sp³-hybridized carbons (Fsp3) is 0.500. The van der Waals surface area contributed by atoms with Gasteiger partial charge in [0.2, 0.25) is 5.91 Å². The molecule has 0 saturated carbocycles. The van der Waals surface area contributed by atoms with Crippen LogP contribution in [-0.4, -0.2) is 76.0 Å². The maximum absolute atomic E-state index is 11.8. The van der Waals surface area contributed by atoms with E-state index < -0.39 is 6.61 Å². The first-order valence-corrected chi connectivity index (χ1v) is 9.52. The fourth-order valence-corrected chi connectivity index (χ4v) is 4.11. The van der Waals surface area contributed by atoms with Crippen LogP contribution < -0.4 is 0 Å². The van der Waals surface area contributed by atoms with Crippen molar-refractivity contribution in [2.45, 2.75) is 25.0 Å². The number of piperidine rings is 1. The smallest absolute Gasteiger partial charge is 0.248 e. The predicted octanol–water partition coefficient (Wildman–Crippen LogP) is 1.26. The van der Waals surface area contributed by atoms with Crippen molar-refractivity contribution in [3.63, 3.8) is 0 Å². The SMILES string of the molecule is O=C(CO)N1CCOC2(CCN(Cc3cn[nH]c3-c3ccccc3)CC2)C1. The van der Waals surface area contributed by atoms with Crippen molar-refractivity contribution in [2.75, 3.05) is 39.4 Å². The number of ether oxygens (including phenoxy) is 1. The molecule has 144 valence electrons. The van der Waals surface area contributed by atoms with Gasteiger partial charge in [0.25, 0.3) is 0 Å². The third-order valence-corrected chi connectivity index (χ3v) is 5.68. The largest absolute Gasteiger partial charge is 0.387 e. The van der Waals surface area contributed by atoms with Crippen molar-refractivity contribution in [1.29, 1.82) is 0 Å². The van der Waals surface area contributed by atoms with Gasteiger partial charge >= 0.3 is 0 Å². The Bertz CT molecular complexity index is 769. The van der Waals surface area contributed by atoms with Crippen LogP contribution in [0.1, 0.15) is 18.4 Å². The molecule has 1 spiro atoms. The number of aromatic amines is 1. The minimum Gasteiger partial charge on any atom is -0.387 e.